The predicted octanol–water partition coefficient (Wildman–Crippen LogP) is 3.48. The molecule has 0 aromatic heterocycles. The molecule has 7 nitrogen and oxygen atoms in total. The number of anilines is 1. The summed E-state index contributed by atoms with van der Waals surface area (Å²) in [6.45, 7) is 4.13. The predicted molar refractivity (Wildman–Crippen MR) is 107 cm³/mol. The highest BCUT2D eigenvalue weighted by Crippen LogP contribution is 2.26. The number of hydrogen-bond acceptors (Lipinski definition) is 4. The highest BCUT2D eigenvalue weighted by atomic mass is 19.1. The molecule has 0 unspecified atom stereocenters. The van der Waals surface area contributed by atoms with E-state index < -0.39 is 23.6 Å². The van der Waals surface area contributed by atoms with Crippen LogP contribution < -0.4 is 5.32 Å². The molecule has 0 saturated heterocycles. The van der Waals surface area contributed by atoms with Gasteiger partial charge in [0.25, 0.3) is 11.8 Å². The minimum Gasteiger partial charge on any atom is -0.478 e. The maximum Gasteiger partial charge on any atom is 0.336 e. The molecule has 0 atom stereocenters. The Kier molecular flexibility index (Phi) is 8.33. The molecule has 0 heterocycles. The average Bonchev–Trinajstić information content (AvgIpc) is 2.71. The lowest BCUT2D eigenvalue weighted by atomic mass is 9.88. The molecule has 1 saturated carbocycles. The normalized spacial score (nSPS) is 14.3. The van der Waals surface area contributed by atoms with Crippen LogP contribution in [0.2, 0.25) is 0 Å². The number of nitrogens with one attached hydrogen (secondary N) is 1. The Hall–Kier alpha value is -2.74. The first kappa shape index (κ1) is 22.5. The first-order valence-corrected chi connectivity index (χ1v) is 9.64. The zero-order valence-electron chi connectivity index (χ0n) is 16.6. The van der Waals surface area contributed by atoms with Gasteiger partial charge in [0, 0.05) is 25.9 Å². The first-order chi connectivity index (χ1) is 13.8. The van der Waals surface area contributed by atoms with Crippen LogP contribution in [0, 0.1) is 5.92 Å². The van der Waals surface area contributed by atoms with Gasteiger partial charge in [-0.1, -0.05) is 25.8 Å². The van der Waals surface area contributed by atoms with Gasteiger partial charge in [0.1, 0.15) is 0 Å². The van der Waals surface area contributed by atoms with Crippen molar-refractivity contribution in [3.63, 3.8) is 0 Å². The number of hydrogen-bond donors (Lipinski definition) is 2. The maximum absolute atomic E-state index is 13.1. The third kappa shape index (κ3) is 6.39. The van der Waals surface area contributed by atoms with E-state index >= 15 is 0 Å². The van der Waals surface area contributed by atoms with E-state index in [0.717, 1.165) is 31.7 Å². The first-order valence-electron chi connectivity index (χ1n) is 9.64. The number of carboxylic acid groups (broad SMARTS) is 1. The van der Waals surface area contributed by atoms with Gasteiger partial charge < -0.3 is 20.1 Å². The molecule has 0 bridgehead atoms. The van der Waals surface area contributed by atoms with Crippen molar-refractivity contribution in [3.05, 3.63) is 41.7 Å². The van der Waals surface area contributed by atoms with E-state index in [1.54, 1.807) is 12.0 Å². The average molecular weight is 406 g/mol. The number of ether oxygens (including phenoxy) is 1. The molecule has 8 heteroatoms. The summed E-state index contributed by atoms with van der Waals surface area (Å²) in [6, 6.07) is 3.85. The Morgan fingerprint density at radius 2 is 1.93 bits per heavy atom. The minimum atomic E-state index is -1.31. The molecule has 1 aliphatic carbocycles. The number of halogens is 1. The van der Waals surface area contributed by atoms with Crippen LogP contribution in [0.3, 0.4) is 0 Å². The summed E-state index contributed by atoms with van der Waals surface area (Å²) < 4.78 is 18.0. The van der Waals surface area contributed by atoms with E-state index in [4.69, 9.17) is 4.74 Å². The van der Waals surface area contributed by atoms with Gasteiger partial charge in [0.2, 0.25) is 0 Å². The van der Waals surface area contributed by atoms with Crippen LogP contribution in [0.15, 0.2) is 30.6 Å². The fourth-order valence-corrected chi connectivity index (χ4v) is 3.51. The monoisotopic (exact) mass is 406 g/mol. The van der Waals surface area contributed by atoms with E-state index in [-0.39, 0.29) is 16.8 Å². The summed E-state index contributed by atoms with van der Waals surface area (Å²) in [7, 11) is 1.54. The van der Waals surface area contributed by atoms with Gasteiger partial charge in [-0.2, -0.15) is 0 Å². The minimum absolute atomic E-state index is 0.0153. The van der Waals surface area contributed by atoms with E-state index in [1.165, 1.54) is 18.6 Å². The van der Waals surface area contributed by atoms with Gasteiger partial charge in [-0.05, 0) is 37.0 Å². The van der Waals surface area contributed by atoms with Crippen LogP contribution >= 0.6 is 0 Å². The molecule has 1 aromatic carbocycles. The second kappa shape index (κ2) is 10.7. The Morgan fingerprint density at radius 3 is 2.52 bits per heavy atom. The summed E-state index contributed by atoms with van der Waals surface area (Å²) in [5.74, 6) is -3.60. The molecular formula is C21H27FN2O5. The molecule has 158 valence electrons. The fourth-order valence-electron chi connectivity index (χ4n) is 3.51. The number of carboxylic acids is 1. The van der Waals surface area contributed by atoms with Crippen LogP contribution in [0.25, 0.3) is 0 Å². The lowest BCUT2D eigenvalue weighted by Gasteiger charge is -2.30. The number of carbonyl (C=O) groups is 3. The molecule has 1 fully saturated rings. The zero-order chi connectivity index (χ0) is 21.4. The van der Waals surface area contributed by atoms with Crippen molar-refractivity contribution in [2.24, 2.45) is 5.92 Å². The van der Waals surface area contributed by atoms with E-state index in [0.29, 0.717) is 25.6 Å². The van der Waals surface area contributed by atoms with Crippen molar-refractivity contribution in [2.45, 2.75) is 32.1 Å². The van der Waals surface area contributed by atoms with Crippen molar-refractivity contribution in [3.8, 4) is 0 Å². The summed E-state index contributed by atoms with van der Waals surface area (Å²) in [5, 5.41) is 11.8. The highest BCUT2D eigenvalue weighted by Gasteiger charge is 2.25. The molecule has 2 rings (SSSR count). The molecule has 2 N–H and O–H groups in total. The second-order valence-corrected chi connectivity index (χ2v) is 7.17. The van der Waals surface area contributed by atoms with Crippen LogP contribution in [-0.2, 0) is 9.53 Å². The van der Waals surface area contributed by atoms with Crippen LogP contribution in [0.1, 0.15) is 52.8 Å². The number of amides is 2. The Bertz CT molecular complexity index is 774. The van der Waals surface area contributed by atoms with Crippen LogP contribution in [-0.4, -0.2) is 54.6 Å². The standard InChI is InChI=1S/C21H27FN2O5/c1-14(22)19(25)23-16-8-9-17(18(12-16)21(27)28)20(26)24(10-11-29-2)13-15-6-4-3-5-7-15/h8-9,12,15H,1,3-7,10-11,13H2,2H3,(H,23,25)(H,27,28). The summed E-state index contributed by atoms with van der Waals surface area (Å²) in [6.07, 6.45) is 5.54. The SMILES string of the molecule is C=C(F)C(=O)Nc1ccc(C(=O)N(CCOC)CC2CCCCC2)c(C(=O)O)c1. The lowest BCUT2D eigenvalue weighted by molar-refractivity contribution is -0.114. The largest absolute Gasteiger partial charge is 0.478 e. The molecule has 0 spiro atoms. The van der Waals surface area contributed by atoms with Crippen molar-refractivity contribution < 1.29 is 28.6 Å². The number of rotatable bonds is 9. The highest BCUT2D eigenvalue weighted by molar-refractivity contribution is 6.07. The number of nitrogens with zero attached hydrogens (tertiary/aromatic N) is 1. The Balaban J connectivity index is 2.26. The molecule has 0 aliphatic heterocycles. The molecule has 0 radical (unpaired) electrons. The Labute approximate surface area is 169 Å². The van der Waals surface area contributed by atoms with Gasteiger partial charge in [-0.25, -0.2) is 9.18 Å². The lowest BCUT2D eigenvalue weighted by Crippen LogP contribution is -2.39. The topological polar surface area (TPSA) is 95.9 Å². The molecule has 29 heavy (non-hydrogen) atoms. The van der Waals surface area contributed by atoms with Crippen molar-refractivity contribution in [1.82, 2.24) is 4.90 Å². The summed E-state index contributed by atoms with van der Waals surface area (Å²) in [4.78, 5) is 37.9. The molecule has 1 aliphatic rings. The number of carbonyl (C=O) groups excluding carboxylic acids is 2. The van der Waals surface area contributed by atoms with Gasteiger partial charge in [0.05, 0.1) is 17.7 Å². The van der Waals surface area contributed by atoms with E-state index in [9.17, 15) is 23.9 Å². The quantitative estimate of drug-likeness (QED) is 0.612. The third-order valence-electron chi connectivity index (χ3n) is 5.04. The number of benzene rings is 1. The smallest absolute Gasteiger partial charge is 0.336 e. The molecular weight excluding hydrogens is 379 g/mol. The van der Waals surface area contributed by atoms with Crippen LogP contribution in [0.4, 0.5) is 10.1 Å². The fraction of sp³-hybridized carbons (Fsp3) is 0.476. The van der Waals surface area contributed by atoms with Gasteiger partial charge in [-0.3, -0.25) is 9.59 Å². The zero-order valence-corrected chi connectivity index (χ0v) is 16.6. The molecule has 1 aromatic rings. The van der Waals surface area contributed by atoms with Crippen LogP contribution in [0.5, 0.6) is 0 Å². The van der Waals surface area contributed by atoms with Gasteiger partial charge >= 0.3 is 5.97 Å². The van der Waals surface area contributed by atoms with Crippen molar-refractivity contribution >= 4 is 23.5 Å². The van der Waals surface area contributed by atoms with E-state index in [1.807, 2.05) is 0 Å². The Morgan fingerprint density at radius 1 is 1.24 bits per heavy atom. The third-order valence-corrected chi connectivity index (χ3v) is 5.04. The summed E-state index contributed by atoms with van der Waals surface area (Å²) in [5.41, 5.74) is -0.178. The summed E-state index contributed by atoms with van der Waals surface area (Å²) >= 11 is 0. The number of aromatic carboxylic acids is 1. The maximum atomic E-state index is 13.1. The van der Waals surface area contributed by atoms with Crippen molar-refractivity contribution in [1.29, 1.82) is 0 Å². The molecule has 2 amide bonds. The van der Waals surface area contributed by atoms with Gasteiger partial charge in [0.15, 0.2) is 5.83 Å². The number of methoxy groups -OCH3 is 1. The van der Waals surface area contributed by atoms with Crippen molar-refractivity contribution in [2.75, 3.05) is 32.1 Å². The second-order valence-electron chi connectivity index (χ2n) is 7.17. The van der Waals surface area contributed by atoms with E-state index in [2.05, 4.69) is 11.9 Å². The van der Waals surface area contributed by atoms with Gasteiger partial charge in [-0.15, -0.1) is 0 Å².